The van der Waals surface area contributed by atoms with Gasteiger partial charge in [-0.05, 0) is 29.8 Å². The van der Waals surface area contributed by atoms with Crippen molar-refractivity contribution in [2.45, 2.75) is 6.04 Å². The summed E-state index contributed by atoms with van der Waals surface area (Å²) in [5.74, 6) is -0.501. The van der Waals surface area contributed by atoms with Gasteiger partial charge in [-0.15, -0.1) is 0 Å². The number of benzene rings is 2. The summed E-state index contributed by atoms with van der Waals surface area (Å²) in [5.41, 5.74) is 1.86. The lowest BCUT2D eigenvalue weighted by molar-refractivity contribution is -0.126. The summed E-state index contributed by atoms with van der Waals surface area (Å²) in [6, 6.07) is 14.6. The second kappa shape index (κ2) is 5.92. The summed E-state index contributed by atoms with van der Waals surface area (Å²) in [6.45, 7) is 0. The molecule has 1 aliphatic rings. The lowest BCUT2D eigenvalue weighted by Crippen LogP contribution is -2.25. The fourth-order valence-corrected chi connectivity index (χ4v) is 2.35. The van der Waals surface area contributed by atoms with Crippen molar-refractivity contribution in [3.8, 4) is 0 Å². The normalized spacial score (nSPS) is 17.1. The number of likely N-dealkylation sites (N-methyl/N-ethyl adjacent to an activating group) is 1. The molecule has 0 aliphatic carbocycles. The van der Waals surface area contributed by atoms with Crippen molar-refractivity contribution >= 4 is 23.5 Å². The second-order valence-corrected chi connectivity index (χ2v) is 5.22. The van der Waals surface area contributed by atoms with E-state index in [9.17, 15) is 14.4 Å². The Morgan fingerprint density at radius 3 is 2.26 bits per heavy atom. The van der Waals surface area contributed by atoms with Crippen LogP contribution in [0.15, 0.2) is 54.6 Å². The number of anilines is 1. The predicted octanol–water partition coefficient (Wildman–Crippen LogP) is 2.16. The molecule has 6 nitrogen and oxygen atoms in total. The number of imide groups is 1. The zero-order valence-electron chi connectivity index (χ0n) is 12.4. The third-order valence-electron chi connectivity index (χ3n) is 3.69. The first-order valence-electron chi connectivity index (χ1n) is 7.10. The Kier molecular flexibility index (Phi) is 3.80. The second-order valence-electron chi connectivity index (χ2n) is 5.22. The molecule has 0 aromatic heterocycles. The zero-order chi connectivity index (χ0) is 16.4. The molecule has 4 amide bonds. The number of urea groups is 1. The molecule has 2 aromatic rings. The Balaban J connectivity index is 1.72. The number of amides is 4. The number of carbonyl (C=O) groups is 3. The first-order valence-corrected chi connectivity index (χ1v) is 7.10. The molecule has 1 aliphatic heterocycles. The minimum atomic E-state index is -0.675. The monoisotopic (exact) mass is 309 g/mol. The SMILES string of the molecule is CN1C(=O)NC(c2ccc(NC(=O)c3ccccc3)cc2)C1=O. The third-order valence-corrected chi connectivity index (χ3v) is 3.69. The Bertz CT molecular complexity index is 756. The highest BCUT2D eigenvalue weighted by Gasteiger charge is 2.36. The highest BCUT2D eigenvalue weighted by Crippen LogP contribution is 2.22. The molecule has 6 heteroatoms. The largest absolute Gasteiger partial charge is 0.324 e. The van der Waals surface area contributed by atoms with Gasteiger partial charge >= 0.3 is 6.03 Å². The molecule has 2 N–H and O–H groups in total. The highest BCUT2D eigenvalue weighted by atomic mass is 16.2. The average Bonchev–Trinajstić information content (AvgIpc) is 2.84. The van der Waals surface area contributed by atoms with Crippen LogP contribution in [0.25, 0.3) is 0 Å². The van der Waals surface area contributed by atoms with Crippen LogP contribution < -0.4 is 10.6 Å². The number of carbonyl (C=O) groups excluding carboxylic acids is 3. The van der Waals surface area contributed by atoms with E-state index in [0.717, 1.165) is 4.90 Å². The highest BCUT2D eigenvalue weighted by molar-refractivity contribution is 6.05. The van der Waals surface area contributed by atoms with Crippen LogP contribution in [-0.2, 0) is 4.79 Å². The minimum absolute atomic E-state index is 0.205. The molecular formula is C17H15N3O3. The van der Waals surface area contributed by atoms with Gasteiger partial charge in [0.1, 0.15) is 6.04 Å². The van der Waals surface area contributed by atoms with Crippen molar-refractivity contribution in [3.05, 3.63) is 65.7 Å². The lowest BCUT2D eigenvalue weighted by Gasteiger charge is -2.10. The molecule has 1 fully saturated rings. The smallest absolute Gasteiger partial charge is 0.322 e. The molecule has 2 aromatic carbocycles. The van der Waals surface area contributed by atoms with Gasteiger partial charge in [0.15, 0.2) is 0 Å². The molecule has 3 rings (SSSR count). The van der Waals surface area contributed by atoms with E-state index >= 15 is 0 Å². The van der Waals surface area contributed by atoms with Crippen molar-refractivity contribution in [1.29, 1.82) is 0 Å². The summed E-state index contributed by atoms with van der Waals surface area (Å²) in [6.07, 6.45) is 0. The Labute approximate surface area is 133 Å². The third kappa shape index (κ3) is 2.91. The predicted molar refractivity (Wildman–Crippen MR) is 84.9 cm³/mol. The molecule has 0 saturated carbocycles. The van der Waals surface area contributed by atoms with E-state index in [1.807, 2.05) is 6.07 Å². The van der Waals surface area contributed by atoms with Gasteiger partial charge in [-0.2, -0.15) is 0 Å². The van der Waals surface area contributed by atoms with E-state index in [-0.39, 0.29) is 11.8 Å². The van der Waals surface area contributed by atoms with Gasteiger partial charge in [0.05, 0.1) is 0 Å². The van der Waals surface area contributed by atoms with E-state index in [2.05, 4.69) is 10.6 Å². The number of hydrogen-bond acceptors (Lipinski definition) is 3. The minimum Gasteiger partial charge on any atom is -0.322 e. The van der Waals surface area contributed by atoms with Crippen molar-refractivity contribution in [2.24, 2.45) is 0 Å². The van der Waals surface area contributed by atoms with E-state index in [1.54, 1.807) is 48.5 Å². The average molecular weight is 309 g/mol. The van der Waals surface area contributed by atoms with Gasteiger partial charge in [-0.1, -0.05) is 30.3 Å². The van der Waals surface area contributed by atoms with E-state index in [1.165, 1.54) is 7.05 Å². The van der Waals surface area contributed by atoms with Gasteiger partial charge < -0.3 is 10.6 Å². The summed E-state index contributed by atoms with van der Waals surface area (Å²) in [7, 11) is 1.44. The van der Waals surface area contributed by atoms with Crippen LogP contribution in [0.2, 0.25) is 0 Å². The molecule has 0 spiro atoms. The van der Waals surface area contributed by atoms with Crippen LogP contribution >= 0.6 is 0 Å². The van der Waals surface area contributed by atoms with Gasteiger partial charge in [-0.25, -0.2) is 4.79 Å². The van der Waals surface area contributed by atoms with Crippen molar-refractivity contribution in [1.82, 2.24) is 10.2 Å². The van der Waals surface area contributed by atoms with Crippen LogP contribution in [-0.4, -0.2) is 29.8 Å². The lowest BCUT2D eigenvalue weighted by atomic mass is 10.1. The number of nitrogens with zero attached hydrogens (tertiary/aromatic N) is 1. The van der Waals surface area contributed by atoms with Crippen molar-refractivity contribution in [2.75, 3.05) is 12.4 Å². The van der Waals surface area contributed by atoms with Crippen molar-refractivity contribution < 1.29 is 14.4 Å². The molecule has 0 bridgehead atoms. The Morgan fingerprint density at radius 2 is 1.70 bits per heavy atom. The van der Waals surface area contributed by atoms with Gasteiger partial charge in [0.25, 0.3) is 11.8 Å². The van der Waals surface area contributed by atoms with Crippen LogP contribution in [0.1, 0.15) is 22.0 Å². The van der Waals surface area contributed by atoms with Crippen LogP contribution in [0.4, 0.5) is 10.5 Å². The molecule has 116 valence electrons. The topological polar surface area (TPSA) is 78.5 Å². The molecular weight excluding hydrogens is 294 g/mol. The molecule has 1 heterocycles. The first kappa shape index (κ1) is 14.8. The summed E-state index contributed by atoms with van der Waals surface area (Å²) in [4.78, 5) is 36.5. The van der Waals surface area contributed by atoms with Crippen LogP contribution in [0.3, 0.4) is 0 Å². The Hall–Kier alpha value is -3.15. The standard InChI is InChI=1S/C17H15N3O3/c1-20-16(22)14(19-17(20)23)11-7-9-13(10-8-11)18-15(21)12-5-3-2-4-6-12/h2-10,14H,1H3,(H,18,21)(H,19,23). The molecule has 0 radical (unpaired) electrons. The fourth-order valence-electron chi connectivity index (χ4n) is 2.35. The van der Waals surface area contributed by atoms with Crippen LogP contribution in [0, 0.1) is 0 Å². The van der Waals surface area contributed by atoms with Crippen molar-refractivity contribution in [3.63, 3.8) is 0 Å². The molecule has 1 unspecified atom stereocenters. The van der Waals surface area contributed by atoms with E-state index in [0.29, 0.717) is 16.8 Å². The summed E-state index contributed by atoms with van der Waals surface area (Å²) in [5, 5.41) is 5.39. The quantitative estimate of drug-likeness (QED) is 0.853. The molecule has 1 atom stereocenters. The molecule has 1 saturated heterocycles. The first-order chi connectivity index (χ1) is 11.1. The maximum atomic E-state index is 12.1. The Morgan fingerprint density at radius 1 is 1.04 bits per heavy atom. The van der Waals surface area contributed by atoms with E-state index < -0.39 is 12.1 Å². The number of nitrogens with one attached hydrogen (secondary N) is 2. The van der Waals surface area contributed by atoms with E-state index in [4.69, 9.17) is 0 Å². The molecule has 23 heavy (non-hydrogen) atoms. The number of rotatable bonds is 3. The van der Waals surface area contributed by atoms with Gasteiger partial charge in [-0.3, -0.25) is 14.5 Å². The summed E-state index contributed by atoms with van der Waals surface area (Å²) < 4.78 is 0. The maximum absolute atomic E-state index is 12.1. The van der Waals surface area contributed by atoms with Gasteiger partial charge in [0.2, 0.25) is 0 Å². The maximum Gasteiger partial charge on any atom is 0.324 e. The fraction of sp³-hybridized carbons (Fsp3) is 0.118. The zero-order valence-corrected chi connectivity index (χ0v) is 12.4. The number of hydrogen-bond donors (Lipinski definition) is 2. The summed E-state index contributed by atoms with van der Waals surface area (Å²) >= 11 is 0. The van der Waals surface area contributed by atoms with Crippen LogP contribution in [0.5, 0.6) is 0 Å². The van der Waals surface area contributed by atoms with Gasteiger partial charge in [0, 0.05) is 18.3 Å².